The molecule has 1 amide bonds. The Kier molecular flexibility index (Phi) is 7.77. The molecule has 33 heavy (non-hydrogen) atoms. The number of non-ortho nitro benzene ring substituents is 1. The summed E-state index contributed by atoms with van der Waals surface area (Å²) in [6.45, 7) is 2.25. The van der Waals surface area contributed by atoms with Crippen LogP contribution in [0.3, 0.4) is 0 Å². The van der Waals surface area contributed by atoms with E-state index in [-0.39, 0.29) is 5.69 Å². The molecule has 0 aliphatic carbocycles. The van der Waals surface area contributed by atoms with Crippen LogP contribution in [0.2, 0.25) is 5.02 Å². The second-order valence-electron chi connectivity index (χ2n) is 7.04. The second-order valence-corrected chi connectivity index (χ2v) is 7.83. The summed E-state index contributed by atoms with van der Waals surface area (Å²) < 4.78 is 15.9. The first-order valence-corrected chi connectivity index (χ1v) is 10.7. The summed E-state index contributed by atoms with van der Waals surface area (Å²) >= 11 is 11.7. The maximum absolute atomic E-state index is 12.8. The minimum atomic E-state index is -0.483. The highest BCUT2D eigenvalue weighted by Gasteiger charge is 2.24. The van der Waals surface area contributed by atoms with Crippen LogP contribution in [0, 0.1) is 10.1 Å². The van der Waals surface area contributed by atoms with E-state index in [4.69, 9.17) is 38.0 Å². The van der Waals surface area contributed by atoms with E-state index in [1.165, 1.54) is 33.5 Å². The maximum atomic E-state index is 12.8. The van der Waals surface area contributed by atoms with Gasteiger partial charge in [-0.3, -0.25) is 20.2 Å². The number of carbonyl (C=O) groups excluding carboxylic acids is 1. The Labute approximate surface area is 201 Å². The molecule has 12 heteroatoms. The molecule has 1 N–H and O–H groups in total. The lowest BCUT2D eigenvalue weighted by atomic mass is 10.1. The lowest BCUT2D eigenvalue weighted by molar-refractivity contribution is -0.384. The predicted molar refractivity (Wildman–Crippen MR) is 128 cm³/mol. The van der Waals surface area contributed by atoms with E-state index in [2.05, 4.69) is 5.32 Å². The number of methoxy groups -OCH3 is 3. The Balaban J connectivity index is 1.64. The summed E-state index contributed by atoms with van der Waals surface area (Å²) in [5, 5.41) is 14.3. The van der Waals surface area contributed by atoms with Gasteiger partial charge in [-0.1, -0.05) is 11.6 Å². The fraction of sp³-hybridized carbons (Fsp3) is 0.333. The molecule has 1 fully saturated rings. The van der Waals surface area contributed by atoms with Gasteiger partial charge in [-0.25, -0.2) is 0 Å². The fourth-order valence-corrected chi connectivity index (χ4v) is 4.05. The van der Waals surface area contributed by atoms with Gasteiger partial charge in [0.05, 0.1) is 37.0 Å². The Morgan fingerprint density at radius 1 is 1.06 bits per heavy atom. The Morgan fingerprint density at radius 3 is 2.15 bits per heavy atom. The average molecular weight is 495 g/mol. The van der Waals surface area contributed by atoms with Crippen molar-refractivity contribution in [1.82, 2.24) is 10.2 Å². The number of hydrogen-bond acceptors (Lipinski definition) is 8. The minimum Gasteiger partial charge on any atom is -0.493 e. The quantitative estimate of drug-likeness (QED) is 0.368. The molecule has 0 radical (unpaired) electrons. The highest BCUT2D eigenvalue weighted by Crippen LogP contribution is 2.38. The maximum Gasteiger partial charge on any atom is 0.271 e. The number of amides is 1. The van der Waals surface area contributed by atoms with E-state index >= 15 is 0 Å². The second kappa shape index (κ2) is 10.5. The van der Waals surface area contributed by atoms with E-state index < -0.39 is 10.8 Å². The van der Waals surface area contributed by atoms with E-state index in [1.54, 1.807) is 18.2 Å². The largest absolute Gasteiger partial charge is 0.493 e. The number of nitro benzene ring substituents is 1. The van der Waals surface area contributed by atoms with Crippen LogP contribution in [0.4, 0.5) is 11.4 Å². The summed E-state index contributed by atoms with van der Waals surface area (Å²) in [5.74, 6) is 0.711. The SMILES string of the molecule is COc1cc(C(=O)NC(=S)N2CCN(c3ccc([N+](=O)[O-])cc3Cl)CC2)cc(OC)c1OC. The first-order chi connectivity index (χ1) is 15.8. The topological polar surface area (TPSA) is 106 Å². The van der Waals surface area contributed by atoms with Crippen LogP contribution in [0.15, 0.2) is 30.3 Å². The van der Waals surface area contributed by atoms with E-state index in [0.717, 1.165) is 0 Å². The van der Waals surface area contributed by atoms with Crippen molar-refractivity contribution in [3.05, 3.63) is 51.0 Å². The average Bonchev–Trinajstić information content (AvgIpc) is 2.82. The molecule has 0 aromatic heterocycles. The van der Waals surface area contributed by atoms with Crippen molar-refractivity contribution in [2.24, 2.45) is 0 Å². The number of hydrogen-bond donors (Lipinski definition) is 1. The van der Waals surface area contributed by atoms with Crippen molar-refractivity contribution in [2.45, 2.75) is 0 Å². The normalized spacial score (nSPS) is 13.3. The zero-order chi connectivity index (χ0) is 24.1. The molecule has 2 aromatic rings. The molecule has 3 rings (SSSR count). The van der Waals surface area contributed by atoms with Gasteiger partial charge in [0, 0.05) is 43.9 Å². The number of rotatable bonds is 6. The molecular formula is C21H23ClN4O6S. The molecule has 10 nitrogen and oxygen atoms in total. The number of piperazine rings is 1. The summed E-state index contributed by atoms with van der Waals surface area (Å²) in [6, 6.07) is 7.50. The fourth-order valence-electron chi connectivity index (χ4n) is 3.48. The van der Waals surface area contributed by atoms with Gasteiger partial charge in [-0.05, 0) is 30.4 Å². The van der Waals surface area contributed by atoms with Gasteiger partial charge in [0.1, 0.15) is 0 Å². The molecule has 1 saturated heterocycles. The van der Waals surface area contributed by atoms with Crippen LogP contribution in [0.1, 0.15) is 10.4 Å². The number of benzene rings is 2. The van der Waals surface area contributed by atoms with Gasteiger partial charge in [-0.15, -0.1) is 0 Å². The molecule has 0 spiro atoms. The monoisotopic (exact) mass is 494 g/mol. The lowest BCUT2D eigenvalue weighted by Crippen LogP contribution is -2.52. The third-order valence-corrected chi connectivity index (χ3v) is 5.86. The molecule has 0 unspecified atom stereocenters. The predicted octanol–water partition coefficient (Wildman–Crippen LogP) is 3.11. The molecule has 1 heterocycles. The van der Waals surface area contributed by atoms with Crippen LogP contribution in [-0.4, -0.2) is 68.4 Å². The summed E-state index contributed by atoms with van der Waals surface area (Å²) in [5.41, 5.74) is 0.968. The Hall–Kier alpha value is -3.31. The Bertz CT molecular complexity index is 1050. The highest BCUT2D eigenvalue weighted by atomic mass is 35.5. The summed E-state index contributed by atoms with van der Waals surface area (Å²) in [7, 11) is 4.43. The van der Waals surface area contributed by atoms with Gasteiger partial charge in [0.25, 0.3) is 11.6 Å². The zero-order valence-electron chi connectivity index (χ0n) is 18.3. The van der Waals surface area contributed by atoms with Crippen LogP contribution < -0.4 is 24.4 Å². The van der Waals surface area contributed by atoms with Crippen LogP contribution >= 0.6 is 23.8 Å². The lowest BCUT2D eigenvalue weighted by Gasteiger charge is -2.37. The number of thiocarbonyl (C=S) groups is 1. The number of carbonyl (C=O) groups is 1. The Morgan fingerprint density at radius 2 is 1.67 bits per heavy atom. The van der Waals surface area contributed by atoms with Crippen molar-refractivity contribution in [3.8, 4) is 17.2 Å². The smallest absolute Gasteiger partial charge is 0.271 e. The van der Waals surface area contributed by atoms with Crippen molar-refractivity contribution in [1.29, 1.82) is 0 Å². The van der Waals surface area contributed by atoms with E-state index in [0.29, 0.717) is 64.8 Å². The molecule has 1 aliphatic heterocycles. The first-order valence-electron chi connectivity index (χ1n) is 9.88. The van der Waals surface area contributed by atoms with Gasteiger partial charge in [0.2, 0.25) is 5.75 Å². The summed E-state index contributed by atoms with van der Waals surface area (Å²) in [4.78, 5) is 27.1. The standard InChI is InChI=1S/C21H23ClN4O6S/c1-30-17-10-13(11-18(31-2)19(17)32-3)20(27)23-21(33)25-8-6-24(7-9-25)16-5-4-14(26(28)29)12-15(16)22/h4-5,10-12H,6-9H2,1-3H3,(H,23,27,33). The number of nitrogens with one attached hydrogen (secondary N) is 1. The number of ether oxygens (including phenoxy) is 3. The van der Waals surface area contributed by atoms with Crippen molar-refractivity contribution < 1.29 is 23.9 Å². The third kappa shape index (κ3) is 5.37. The van der Waals surface area contributed by atoms with E-state index in [9.17, 15) is 14.9 Å². The van der Waals surface area contributed by atoms with Crippen LogP contribution in [0.5, 0.6) is 17.2 Å². The molecule has 0 bridgehead atoms. The number of anilines is 1. The van der Waals surface area contributed by atoms with Crippen molar-refractivity contribution in [2.75, 3.05) is 52.4 Å². The number of halogens is 1. The molecule has 1 aliphatic rings. The third-order valence-electron chi connectivity index (χ3n) is 5.20. The van der Waals surface area contributed by atoms with Crippen LogP contribution in [0.25, 0.3) is 0 Å². The molecule has 0 atom stereocenters. The first kappa shape index (κ1) is 24.3. The minimum absolute atomic E-state index is 0.0573. The number of nitro groups is 1. The zero-order valence-corrected chi connectivity index (χ0v) is 19.9. The van der Waals surface area contributed by atoms with Crippen molar-refractivity contribution >= 4 is 46.2 Å². The van der Waals surface area contributed by atoms with Crippen molar-refractivity contribution in [3.63, 3.8) is 0 Å². The van der Waals surface area contributed by atoms with Gasteiger partial charge >= 0.3 is 0 Å². The summed E-state index contributed by atoms with van der Waals surface area (Å²) in [6.07, 6.45) is 0. The van der Waals surface area contributed by atoms with Crippen LogP contribution in [-0.2, 0) is 0 Å². The molecule has 2 aromatic carbocycles. The number of nitrogens with zero attached hydrogens (tertiary/aromatic N) is 3. The van der Waals surface area contributed by atoms with Gasteiger partial charge < -0.3 is 24.0 Å². The molecule has 0 saturated carbocycles. The molecule has 176 valence electrons. The van der Waals surface area contributed by atoms with Gasteiger partial charge in [-0.2, -0.15) is 0 Å². The van der Waals surface area contributed by atoms with Gasteiger partial charge in [0.15, 0.2) is 16.6 Å². The van der Waals surface area contributed by atoms with E-state index in [1.807, 2.05) is 9.80 Å². The highest BCUT2D eigenvalue weighted by molar-refractivity contribution is 7.80. The molecular weight excluding hydrogens is 472 g/mol.